The van der Waals surface area contributed by atoms with Crippen molar-refractivity contribution in [3.8, 4) is 23.1 Å². The van der Waals surface area contributed by atoms with E-state index in [1.54, 1.807) is 34.0 Å². The molecule has 166 valence electrons. The number of nitriles is 1. The minimum absolute atomic E-state index is 0.0316. The highest BCUT2D eigenvalue weighted by atomic mass is 16.4. The Morgan fingerprint density at radius 3 is 2.79 bits per heavy atom. The van der Waals surface area contributed by atoms with E-state index in [1.165, 1.54) is 11.1 Å². The molecule has 0 aliphatic carbocycles. The standard InChI is InChI=1S/C21H20N10O2/c1-12(2)26-17-4-19(31-20-14(7-25-31)3-13(5-22)6-24-20)23-8-16(17)18-11-30(28-27-18)15-9-29(10-15)21(32)33/h3-4,6-8,11-12,15H,9-10H2,1-2H3,(H,23,26)(H,32,33). The molecule has 12 heteroatoms. The van der Waals surface area contributed by atoms with Gasteiger partial charge in [0, 0.05) is 54.2 Å². The first-order valence-corrected chi connectivity index (χ1v) is 10.3. The number of likely N-dealkylation sites (tertiary alicyclic amines) is 1. The van der Waals surface area contributed by atoms with Crippen molar-refractivity contribution in [1.82, 2.24) is 39.6 Å². The van der Waals surface area contributed by atoms with Gasteiger partial charge in [-0.05, 0) is 19.9 Å². The molecule has 0 unspecified atom stereocenters. The predicted octanol–water partition coefficient (Wildman–Crippen LogP) is 2.30. The Balaban J connectivity index is 1.49. The smallest absolute Gasteiger partial charge is 0.407 e. The van der Waals surface area contributed by atoms with E-state index in [1.807, 2.05) is 19.9 Å². The average molecular weight is 444 g/mol. The number of amides is 1. The highest BCUT2D eigenvalue weighted by Crippen LogP contribution is 2.30. The van der Waals surface area contributed by atoms with Crippen LogP contribution in [0.3, 0.4) is 0 Å². The molecule has 1 aliphatic heterocycles. The fourth-order valence-corrected chi connectivity index (χ4v) is 3.70. The minimum atomic E-state index is -0.931. The zero-order valence-electron chi connectivity index (χ0n) is 17.9. The van der Waals surface area contributed by atoms with Gasteiger partial charge in [0.15, 0.2) is 11.5 Å². The first kappa shape index (κ1) is 20.4. The number of pyridine rings is 2. The molecule has 1 saturated heterocycles. The Bertz CT molecular complexity index is 1390. The fraction of sp³-hybridized carbons (Fsp3) is 0.286. The summed E-state index contributed by atoms with van der Waals surface area (Å²) in [5.41, 5.74) is 3.27. The van der Waals surface area contributed by atoms with E-state index in [0.29, 0.717) is 35.8 Å². The maximum Gasteiger partial charge on any atom is 0.407 e. The maximum atomic E-state index is 11.0. The topological polar surface area (TPSA) is 151 Å². The summed E-state index contributed by atoms with van der Waals surface area (Å²) in [6.07, 6.45) is 5.74. The lowest BCUT2D eigenvalue weighted by molar-refractivity contribution is 0.0805. The van der Waals surface area contributed by atoms with E-state index in [2.05, 4.69) is 36.8 Å². The van der Waals surface area contributed by atoms with Crippen molar-refractivity contribution < 1.29 is 9.90 Å². The van der Waals surface area contributed by atoms with Crippen LogP contribution in [0.1, 0.15) is 25.5 Å². The van der Waals surface area contributed by atoms with Crippen LogP contribution in [0.15, 0.2) is 36.9 Å². The van der Waals surface area contributed by atoms with Gasteiger partial charge in [0.2, 0.25) is 0 Å². The van der Waals surface area contributed by atoms with Gasteiger partial charge in [-0.2, -0.15) is 15.0 Å². The highest BCUT2D eigenvalue weighted by Gasteiger charge is 2.32. The number of fused-ring (bicyclic) bond motifs is 1. The highest BCUT2D eigenvalue weighted by molar-refractivity contribution is 5.79. The molecule has 1 fully saturated rings. The van der Waals surface area contributed by atoms with Crippen molar-refractivity contribution in [3.05, 3.63) is 42.5 Å². The van der Waals surface area contributed by atoms with Crippen molar-refractivity contribution in [3.63, 3.8) is 0 Å². The number of nitrogens with zero attached hydrogens (tertiary/aromatic N) is 9. The summed E-state index contributed by atoms with van der Waals surface area (Å²) in [7, 11) is 0. The van der Waals surface area contributed by atoms with Crippen LogP contribution in [0.5, 0.6) is 0 Å². The van der Waals surface area contributed by atoms with Crippen molar-refractivity contribution >= 4 is 22.8 Å². The third-order valence-corrected chi connectivity index (χ3v) is 5.38. The number of hydrogen-bond donors (Lipinski definition) is 2. The van der Waals surface area contributed by atoms with Crippen LogP contribution in [0.4, 0.5) is 10.5 Å². The number of hydrogen-bond acceptors (Lipinski definition) is 8. The van der Waals surface area contributed by atoms with Crippen LogP contribution in [-0.2, 0) is 0 Å². The van der Waals surface area contributed by atoms with Gasteiger partial charge in [-0.1, -0.05) is 5.21 Å². The first-order valence-electron chi connectivity index (χ1n) is 10.3. The third kappa shape index (κ3) is 3.69. The number of carbonyl (C=O) groups is 1. The van der Waals surface area contributed by atoms with Gasteiger partial charge in [0.05, 0.1) is 24.0 Å². The van der Waals surface area contributed by atoms with E-state index < -0.39 is 6.09 Å². The monoisotopic (exact) mass is 444 g/mol. The molecule has 33 heavy (non-hydrogen) atoms. The molecule has 1 aliphatic rings. The van der Waals surface area contributed by atoms with Gasteiger partial charge in [0.25, 0.3) is 0 Å². The summed E-state index contributed by atoms with van der Waals surface area (Å²) in [4.78, 5) is 21.3. The lowest BCUT2D eigenvalue weighted by Crippen LogP contribution is -2.50. The van der Waals surface area contributed by atoms with E-state index in [0.717, 1.165) is 16.6 Å². The Kier molecular flexibility index (Phi) is 4.86. The molecule has 12 nitrogen and oxygen atoms in total. The lowest BCUT2D eigenvalue weighted by atomic mass is 10.1. The van der Waals surface area contributed by atoms with Gasteiger partial charge in [0.1, 0.15) is 11.8 Å². The molecule has 4 aromatic rings. The second kappa shape index (κ2) is 7.86. The fourth-order valence-electron chi connectivity index (χ4n) is 3.70. The zero-order chi connectivity index (χ0) is 23.1. The molecule has 4 aromatic heterocycles. The van der Waals surface area contributed by atoms with Crippen molar-refractivity contribution in [1.29, 1.82) is 5.26 Å². The molecule has 0 bridgehead atoms. The van der Waals surface area contributed by atoms with Crippen LogP contribution in [0.25, 0.3) is 28.1 Å². The number of carboxylic acid groups (broad SMARTS) is 1. The summed E-state index contributed by atoms with van der Waals surface area (Å²) in [5.74, 6) is 0.567. The van der Waals surface area contributed by atoms with Crippen molar-refractivity contribution in [2.75, 3.05) is 18.4 Å². The Morgan fingerprint density at radius 2 is 2.06 bits per heavy atom. The van der Waals surface area contributed by atoms with Crippen LogP contribution >= 0.6 is 0 Å². The van der Waals surface area contributed by atoms with Gasteiger partial charge in [-0.25, -0.2) is 19.4 Å². The Labute approximate surface area is 188 Å². The number of aromatic nitrogens is 7. The minimum Gasteiger partial charge on any atom is -0.465 e. The zero-order valence-corrected chi connectivity index (χ0v) is 17.9. The molecule has 2 N–H and O–H groups in total. The molecule has 0 saturated carbocycles. The van der Waals surface area contributed by atoms with Crippen LogP contribution in [0, 0.1) is 11.3 Å². The number of anilines is 1. The molecule has 5 rings (SSSR count). The summed E-state index contributed by atoms with van der Waals surface area (Å²) >= 11 is 0. The van der Waals surface area contributed by atoms with Crippen molar-refractivity contribution in [2.24, 2.45) is 0 Å². The Morgan fingerprint density at radius 1 is 1.24 bits per heavy atom. The van der Waals surface area contributed by atoms with E-state index in [-0.39, 0.29) is 12.1 Å². The number of nitrogens with one attached hydrogen (secondary N) is 1. The van der Waals surface area contributed by atoms with Gasteiger partial charge < -0.3 is 15.3 Å². The van der Waals surface area contributed by atoms with Gasteiger partial charge in [-0.15, -0.1) is 5.10 Å². The van der Waals surface area contributed by atoms with Gasteiger partial charge >= 0.3 is 6.09 Å². The second-order valence-electron chi connectivity index (χ2n) is 8.12. The van der Waals surface area contributed by atoms with E-state index >= 15 is 0 Å². The summed E-state index contributed by atoms with van der Waals surface area (Å²) in [6, 6.07) is 5.80. The summed E-state index contributed by atoms with van der Waals surface area (Å²) in [6.45, 7) is 4.84. The van der Waals surface area contributed by atoms with Gasteiger partial charge in [-0.3, -0.25) is 0 Å². The largest absolute Gasteiger partial charge is 0.465 e. The lowest BCUT2D eigenvalue weighted by Gasteiger charge is -2.36. The molecular formula is C21H20N10O2. The molecule has 5 heterocycles. The van der Waals surface area contributed by atoms with Crippen molar-refractivity contribution in [2.45, 2.75) is 25.9 Å². The molecule has 0 aromatic carbocycles. The SMILES string of the molecule is CC(C)Nc1cc(-n2ncc3cc(C#N)cnc32)ncc1-c1cn(C2CN(C(=O)O)C2)nn1. The quantitative estimate of drug-likeness (QED) is 0.472. The maximum absolute atomic E-state index is 11.0. The predicted molar refractivity (Wildman–Crippen MR) is 118 cm³/mol. The molecule has 0 atom stereocenters. The normalized spacial score (nSPS) is 13.8. The summed E-state index contributed by atoms with van der Waals surface area (Å²) < 4.78 is 3.32. The van der Waals surface area contributed by atoms with E-state index in [9.17, 15) is 4.79 Å². The van der Waals surface area contributed by atoms with Crippen LogP contribution in [-0.4, -0.2) is 70.0 Å². The molecule has 0 radical (unpaired) electrons. The van der Waals surface area contributed by atoms with E-state index in [4.69, 9.17) is 10.4 Å². The van der Waals surface area contributed by atoms with Crippen LogP contribution < -0.4 is 5.32 Å². The first-order chi connectivity index (χ1) is 15.9. The number of rotatable bonds is 5. The molecule has 0 spiro atoms. The van der Waals surface area contributed by atoms with Crippen LogP contribution in [0.2, 0.25) is 0 Å². The second-order valence-corrected chi connectivity index (χ2v) is 8.12. The Hall–Kier alpha value is -4.53. The average Bonchev–Trinajstić information content (AvgIpc) is 3.39. The summed E-state index contributed by atoms with van der Waals surface area (Å²) in [5, 5.41) is 35.2. The molecule has 1 amide bonds. The molecular weight excluding hydrogens is 424 g/mol. The third-order valence-electron chi connectivity index (χ3n) is 5.38.